The lowest BCUT2D eigenvalue weighted by atomic mass is 10.1. The fraction of sp³-hybridized carbons (Fsp3) is 0.476. The molecule has 178 valence electrons. The maximum absolute atomic E-state index is 11.9. The van der Waals surface area contributed by atoms with Gasteiger partial charge in [0.2, 0.25) is 11.8 Å². The largest absolute Gasteiger partial charge is 0.445 e. The molecular formula is C21H34N6O5. The van der Waals surface area contributed by atoms with Crippen LogP contribution in [-0.4, -0.2) is 55.3 Å². The van der Waals surface area contributed by atoms with E-state index in [1.807, 2.05) is 32.0 Å². The Labute approximate surface area is 188 Å². The van der Waals surface area contributed by atoms with Crippen molar-refractivity contribution in [1.29, 1.82) is 0 Å². The Morgan fingerprint density at radius 3 is 2.22 bits per heavy atom. The van der Waals surface area contributed by atoms with Crippen LogP contribution in [0.1, 0.15) is 39.2 Å². The number of carbonyl (C=O) groups excluding carboxylic acids is 4. The number of amides is 3. The quantitative estimate of drug-likeness (QED) is 0.171. The van der Waals surface area contributed by atoms with Crippen molar-refractivity contribution in [2.45, 2.75) is 46.3 Å². The van der Waals surface area contributed by atoms with Crippen LogP contribution in [0.5, 0.6) is 0 Å². The van der Waals surface area contributed by atoms with Gasteiger partial charge < -0.3 is 32.2 Å². The van der Waals surface area contributed by atoms with Gasteiger partial charge in [0.25, 0.3) is 0 Å². The van der Waals surface area contributed by atoms with Gasteiger partial charge in [0, 0.05) is 6.54 Å². The second-order valence-corrected chi connectivity index (χ2v) is 6.37. The van der Waals surface area contributed by atoms with Gasteiger partial charge in [-0.1, -0.05) is 44.2 Å². The molecule has 11 nitrogen and oxygen atoms in total. The van der Waals surface area contributed by atoms with Crippen LogP contribution in [0.25, 0.3) is 0 Å². The number of ketones is 1. The van der Waals surface area contributed by atoms with Crippen LogP contribution in [0.15, 0.2) is 35.3 Å². The molecule has 1 rings (SSSR count). The summed E-state index contributed by atoms with van der Waals surface area (Å²) in [5.41, 5.74) is 11.3. The van der Waals surface area contributed by atoms with Crippen LogP contribution in [0.2, 0.25) is 0 Å². The molecule has 0 saturated heterocycles. The van der Waals surface area contributed by atoms with E-state index in [2.05, 4.69) is 20.9 Å². The number of rotatable bonds is 12. The highest BCUT2D eigenvalue weighted by Gasteiger charge is 2.17. The van der Waals surface area contributed by atoms with Crippen molar-refractivity contribution >= 4 is 29.7 Å². The number of nitrogens with two attached hydrogens (primary N) is 2. The number of nitrogens with zero attached hydrogens (tertiary/aromatic N) is 1. The highest BCUT2D eigenvalue weighted by molar-refractivity contribution is 5.90. The van der Waals surface area contributed by atoms with Crippen molar-refractivity contribution in [3.63, 3.8) is 0 Å². The summed E-state index contributed by atoms with van der Waals surface area (Å²) in [6, 6.07) is 8.37. The zero-order chi connectivity index (χ0) is 24.4. The number of aliphatic imine (C=N–C) groups is 1. The molecule has 1 aromatic rings. The van der Waals surface area contributed by atoms with E-state index in [-0.39, 0.29) is 31.4 Å². The first-order valence-corrected chi connectivity index (χ1v) is 10.3. The average molecular weight is 451 g/mol. The Balaban J connectivity index is 0.00000466. The minimum Gasteiger partial charge on any atom is -0.445 e. The van der Waals surface area contributed by atoms with E-state index in [0.717, 1.165) is 5.56 Å². The van der Waals surface area contributed by atoms with E-state index in [0.29, 0.717) is 19.4 Å². The van der Waals surface area contributed by atoms with E-state index in [1.54, 1.807) is 12.1 Å². The number of ether oxygens (including phenoxy) is 1. The molecular weight excluding hydrogens is 416 g/mol. The Morgan fingerprint density at radius 2 is 1.62 bits per heavy atom. The predicted octanol–water partition coefficient (Wildman–Crippen LogP) is 0.183. The number of Topliss-reactive ketones (excluding diaryl/α,β-unsaturated/α-hetero) is 1. The monoisotopic (exact) mass is 450 g/mol. The minimum absolute atomic E-state index is 0.0429. The molecule has 0 fully saturated rings. The molecule has 1 unspecified atom stereocenters. The summed E-state index contributed by atoms with van der Waals surface area (Å²) >= 11 is 0. The van der Waals surface area contributed by atoms with Gasteiger partial charge in [0.15, 0.2) is 11.7 Å². The zero-order valence-corrected chi connectivity index (χ0v) is 18.8. The highest BCUT2D eigenvalue weighted by atomic mass is 16.5. The smallest absolute Gasteiger partial charge is 0.407 e. The van der Waals surface area contributed by atoms with E-state index in [9.17, 15) is 19.2 Å². The third-order valence-corrected chi connectivity index (χ3v) is 3.82. The topological polar surface area (TPSA) is 178 Å². The lowest BCUT2D eigenvalue weighted by molar-refractivity contribution is -0.128. The summed E-state index contributed by atoms with van der Waals surface area (Å²) < 4.78 is 4.97. The number of nitrogens with one attached hydrogen (secondary N) is 3. The summed E-state index contributed by atoms with van der Waals surface area (Å²) in [5.74, 6) is -1.37. The van der Waals surface area contributed by atoms with Gasteiger partial charge in [-0.2, -0.15) is 0 Å². The molecule has 1 atom stereocenters. The van der Waals surface area contributed by atoms with Crippen molar-refractivity contribution < 1.29 is 23.9 Å². The fourth-order valence-corrected chi connectivity index (χ4v) is 2.29. The van der Waals surface area contributed by atoms with E-state index in [4.69, 9.17) is 16.2 Å². The molecule has 0 aliphatic heterocycles. The van der Waals surface area contributed by atoms with E-state index in [1.165, 1.54) is 6.92 Å². The lowest BCUT2D eigenvalue weighted by Crippen LogP contribution is -2.46. The van der Waals surface area contributed by atoms with Gasteiger partial charge in [0.05, 0.1) is 12.6 Å². The Bertz CT molecular complexity index is 750. The predicted molar refractivity (Wildman–Crippen MR) is 122 cm³/mol. The molecule has 11 heteroatoms. The Morgan fingerprint density at radius 1 is 1.00 bits per heavy atom. The van der Waals surface area contributed by atoms with Gasteiger partial charge in [-0.15, -0.1) is 0 Å². The molecule has 0 heterocycles. The number of benzene rings is 1. The summed E-state index contributed by atoms with van der Waals surface area (Å²) in [7, 11) is 0. The third kappa shape index (κ3) is 14.4. The fourth-order valence-electron chi connectivity index (χ4n) is 2.29. The second kappa shape index (κ2) is 17.1. The molecule has 0 aromatic heterocycles. The molecule has 1 aromatic carbocycles. The average Bonchev–Trinajstić information content (AvgIpc) is 2.78. The summed E-state index contributed by atoms with van der Waals surface area (Å²) in [6.07, 6.45) is 0.112. The third-order valence-electron chi connectivity index (χ3n) is 3.82. The van der Waals surface area contributed by atoms with Crippen LogP contribution in [0, 0.1) is 0 Å². The summed E-state index contributed by atoms with van der Waals surface area (Å²) in [5, 5.41) is 7.17. The van der Waals surface area contributed by atoms with Gasteiger partial charge in [-0.05, 0) is 25.3 Å². The molecule has 0 bridgehead atoms. The second-order valence-electron chi connectivity index (χ2n) is 6.37. The van der Waals surface area contributed by atoms with Crippen LogP contribution in [0.4, 0.5) is 4.79 Å². The number of guanidine groups is 1. The van der Waals surface area contributed by atoms with Crippen molar-refractivity contribution in [3.05, 3.63) is 35.9 Å². The van der Waals surface area contributed by atoms with Gasteiger partial charge in [0.1, 0.15) is 13.2 Å². The van der Waals surface area contributed by atoms with Gasteiger partial charge in [-0.3, -0.25) is 19.4 Å². The van der Waals surface area contributed by atoms with Crippen molar-refractivity contribution in [2.24, 2.45) is 16.5 Å². The molecule has 0 aliphatic rings. The molecule has 7 N–H and O–H groups in total. The Kier molecular flexibility index (Phi) is 15.2. The number of hydrogen-bond acceptors (Lipinski definition) is 6. The molecule has 32 heavy (non-hydrogen) atoms. The molecule has 0 radical (unpaired) electrons. The normalized spacial score (nSPS) is 10.5. The SMILES string of the molecule is CC.CC(=O)C(CCCN=C(N)N)NC(=O)CNC(=O)CNC(=O)OCc1ccccc1. The van der Waals surface area contributed by atoms with Gasteiger partial charge in [-0.25, -0.2) is 4.79 Å². The van der Waals surface area contributed by atoms with Crippen molar-refractivity contribution in [1.82, 2.24) is 16.0 Å². The van der Waals surface area contributed by atoms with Crippen molar-refractivity contribution in [3.8, 4) is 0 Å². The first-order valence-electron chi connectivity index (χ1n) is 10.3. The van der Waals surface area contributed by atoms with Crippen LogP contribution in [-0.2, 0) is 25.7 Å². The first-order chi connectivity index (χ1) is 15.3. The number of alkyl carbamates (subject to hydrolysis) is 1. The molecule has 0 aliphatic carbocycles. The van der Waals surface area contributed by atoms with E-state index >= 15 is 0 Å². The minimum atomic E-state index is -0.754. The molecule has 0 saturated carbocycles. The first kappa shape index (κ1) is 28.4. The standard InChI is InChI=1S/C19H28N6O5.C2H6/c1-13(26)15(8-5-9-22-18(20)21)25-17(28)11-23-16(27)10-24-19(29)30-12-14-6-3-2-4-7-14;1-2/h2-4,6-7,15H,5,8-12H2,1H3,(H,23,27)(H,24,29)(H,25,28)(H4,20,21,22);1-2H3. The summed E-state index contributed by atoms with van der Waals surface area (Å²) in [4.78, 5) is 50.7. The summed E-state index contributed by atoms with van der Waals surface area (Å²) in [6.45, 7) is 5.08. The van der Waals surface area contributed by atoms with E-state index < -0.39 is 23.9 Å². The van der Waals surface area contributed by atoms with Crippen LogP contribution < -0.4 is 27.4 Å². The zero-order valence-electron chi connectivity index (χ0n) is 18.8. The van der Waals surface area contributed by atoms with Gasteiger partial charge >= 0.3 is 6.09 Å². The maximum Gasteiger partial charge on any atom is 0.407 e. The van der Waals surface area contributed by atoms with Crippen molar-refractivity contribution in [2.75, 3.05) is 19.6 Å². The maximum atomic E-state index is 11.9. The van der Waals surface area contributed by atoms with Crippen LogP contribution in [0.3, 0.4) is 0 Å². The molecule has 3 amide bonds. The lowest BCUT2D eigenvalue weighted by Gasteiger charge is -2.15. The Hall–Kier alpha value is -3.63. The highest BCUT2D eigenvalue weighted by Crippen LogP contribution is 2.01. The number of hydrogen-bond donors (Lipinski definition) is 5. The number of carbonyl (C=O) groups is 4. The van der Waals surface area contributed by atoms with Crippen LogP contribution >= 0.6 is 0 Å². The molecule has 0 spiro atoms.